The number of aromatic nitrogens is 2. The Balaban J connectivity index is 2.10. The predicted octanol–water partition coefficient (Wildman–Crippen LogP) is 4.67. The molecule has 2 aromatic carbocycles. The topological polar surface area (TPSA) is 17.8 Å². The van der Waals surface area contributed by atoms with Crippen molar-refractivity contribution in [2.45, 2.75) is 6.54 Å². The molecule has 0 radical (unpaired) electrons. The van der Waals surface area contributed by atoms with Crippen molar-refractivity contribution < 1.29 is 8.78 Å². The van der Waals surface area contributed by atoms with Gasteiger partial charge in [-0.05, 0) is 12.1 Å². The van der Waals surface area contributed by atoms with E-state index in [9.17, 15) is 8.78 Å². The van der Waals surface area contributed by atoms with Crippen LogP contribution in [0.15, 0.2) is 36.7 Å². The van der Waals surface area contributed by atoms with Gasteiger partial charge in [0.1, 0.15) is 0 Å². The number of halogens is 4. The first kappa shape index (κ1) is 13.3. The number of imidazole rings is 1. The van der Waals surface area contributed by atoms with Crippen LogP contribution in [-0.4, -0.2) is 9.55 Å². The SMILES string of the molecule is Fc1cc2ncn(Cc3c(Cl)cccc3Cl)c2cc1F. The summed E-state index contributed by atoms with van der Waals surface area (Å²) >= 11 is 12.2. The summed E-state index contributed by atoms with van der Waals surface area (Å²) in [5.41, 5.74) is 1.58. The third-order valence-corrected chi connectivity index (χ3v) is 3.76. The molecule has 0 fully saturated rings. The highest BCUT2D eigenvalue weighted by Crippen LogP contribution is 2.26. The van der Waals surface area contributed by atoms with E-state index in [1.54, 1.807) is 22.8 Å². The Bertz CT molecular complexity index is 779. The molecule has 0 saturated carbocycles. The molecule has 0 bridgehead atoms. The van der Waals surface area contributed by atoms with E-state index in [2.05, 4.69) is 4.98 Å². The summed E-state index contributed by atoms with van der Waals surface area (Å²) in [6.07, 6.45) is 1.50. The highest BCUT2D eigenvalue weighted by Gasteiger charge is 2.12. The third kappa shape index (κ3) is 2.25. The van der Waals surface area contributed by atoms with E-state index in [1.807, 2.05) is 0 Å². The van der Waals surface area contributed by atoms with Crippen LogP contribution < -0.4 is 0 Å². The Morgan fingerprint density at radius 3 is 2.40 bits per heavy atom. The molecule has 6 heteroatoms. The van der Waals surface area contributed by atoms with Crippen LogP contribution >= 0.6 is 23.2 Å². The number of rotatable bonds is 2. The summed E-state index contributed by atoms with van der Waals surface area (Å²) in [5.74, 6) is -1.83. The van der Waals surface area contributed by atoms with E-state index in [0.29, 0.717) is 33.2 Å². The molecule has 2 nitrogen and oxygen atoms in total. The number of hydrogen-bond acceptors (Lipinski definition) is 1. The van der Waals surface area contributed by atoms with Gasteiger partial charge in [0.2, 0.25) is 0 Å². The summed E-state index contributed by atoms with van der Waals surface area (Å²) in [4.78, 5) is 4.05. The van der Waals surface area contributed by atoms with Crippen LogP contribution in [0.1, 0.15) is 5.56 Å². The maximum absolute atomic E-state index is 13.3. The van der Waals surface area contributed by atoms with Crippen molar-refractivity contribution in [3.8, 4) is 0 Å². The molecule has 0 aliphatic rings. The molecular formula is C14H8Cl2F2N2. The van der Waals surface area contributed by atoms with Crippen LogP contribution in [0, 0.1) is 11.6 Å². The molecule has 0 amide bonds. The summed E-state index contributed by atoms with van der Waals surface area (Å²) < 4.78 is 28.2. The zero-order valence-corrected chi connectivity index (χ0v) is 11.6. The number of benzene rings is 2. The molecule has 0 atom stereocenters. The quantitative estimate of drug-likeness (QED) is 0.672. The Morgan fingerprint density at radius 1 is 1.05 bits per heavy atom. The van der Waals surface area contributed by atoms with Crippen molar-refractivity contribution in [2.24, 2.45) is 0 Å². The van der Waals surface area contributed by atoms with E-state index >= 15 is 0 Å². The van der Waals surface area contributed by atoms with Gasteiger partial charge in [-0.25, -0.2) is 13.8 Å². The number of nitrogens with zero attached hydrogens (tertiary/aromatic N) is 2. The second-order valence-electron chi connectivity index (χ2n) is 4.33. The zero-order valence-electron chi connectivity index (χ0n) is 10.1. The van der Waals surface area contributed by atoms with Crippen molar-refractivity contribution >= 4 is 34.2 Å². The largest absolute Gasteiger partial charge is 0.326 e. The maximum atomic E-state index is 13.3. The maximum Gasteiger partial charge on any atom is 0.161 e. The molecule has 0 saturated heterocycles. The van der Waals surface area contributed by atoms with Crippen LogP contribution in [0.2, 0.25) is 10.0 Å². The first-order valence-corrected chi connectivity index (χ1v) is 6.54. The average molecular weight is 313 g/mol. The highest BCUT2D eigenvalue weighted by molar-refractivity contribution is 6.36. The lowest BCUT2D eigenvalue weighted by molar-refractivity contribution is 0.510. The number of hydrogen-bond donors (Lipinski definition) is 0. The fraction of sp³-hybridized carbons (Fsp3) is 0.0714. The van der Waals surface area contributed by atoms with Crippen molar-refractivity contribution in [1.29, 1.82) is 0 Å². The van der Waals surface area contributed by atoms with Gasteiger partial charge in [-0.15, -0.1) is 0 Å². The summed E-state index contributed by atoms with van der Waals surface area (Å²) in [6, 6.07) is 7.37. The van der Waals surface area contributed by atoms with Crippen molar-refractivity contribution in [3.05, 3.63) is 63.9 Å². The fourth-order valence-electron chi connectivity index (χ4n) is 2.03. The van der Waals surface area contributed by atoms with Crippen molar-refractivity contribution in [2.75, 3.05) is 0 Å². The van der Waals surface area contributed by atoms with E-state index in [1.165, 1.54) is 6.33 Å². The lowest BCUT2D eigenvalue weighted by atomic mass is 10.2. The molecule has 1 aromatic heterocycles. The van der Waals surface area contributed by atoms with Crippen LogP contribution in [0.5, 0.6) is 0 Å². The first-order valence-electron chi connectivity index (χ1n) is 5.79. The molecule has 3 rings (SSSR count). The van der Waals surface area contributed by atoms with E-state index in [-0.39, 0.29) is 0 Å². The summed E-state index contributed by atoms with van der Waals surface area (Å²) in [5, 5.41) is 1.03. The van der Waals surface area contributed by atoms with Gasteiger partial charge in [0.15, 0.2) is 11.6 Å². The Morgan fingerprint density at radius 2 is 1.70 bits per heavy atom. The van der Waals surface area contributed by atoms with Gasteiger partial charge in [-0.3, -0.25) is 0 Å². The standard InChI is InChI=1S/C14H8Cl2F2N2/c15-9-2-1-3-10(16)8(9)6-20-7-19-13-4-11(17)12(18)5-14(13)20/h1-5,7H,6H2. The van der Waals surface area contributed by atoms with Gasteiger partial charge in [-0.2, -0.15) is 0 Å². The van der Waals surface area contributed by atoms with Crippen LogP contribution in [0.4, 0.5) is 8.78 Å². The second kappa shape index (κ2) is 5.04. The Hall–Kier alpha value is -1.65. The Labute approximate surface area is 123 Å². The minimum Gasteiger partial charge on any atom is -0.326 e. The van der Waals surface area contributed by atoms with Crippen molar-refractivity contribution in [1.82, 2.24) is 9.55 Å². The van der Waals surface area contributed by atoms with Crippen molar-refractivity contribution in [3.63, 3.8) is 0 Å². The molecule has 1 heterocycles. The minimum absolute atomic E-state index is 0.333. The average Bonchev–Trinajstić information content (AvgIpc) is 2.77. The van der Waals surface area contributed by atoms with E-state index < -0.39 is 11.6 Å². The number of fused-ring (bicyclic) bond motifs is 1. The summed E-state index contributed by atoms with van der Waals surface area (Å²) in [7, 11) is 0. The minimum atomic E-state index is -0.918. The van der Waals surface area contributed by atoms with Crippen LogP contribution in [-0.2, 0) is 6.54 Å². The van der Waals surface area contributed by atoms with Gasteiger partial charge in [-0.1, -0.05) is 29.3 Å². The normalized spacial score (nSPS) is 11.2. The van der Waals surface area contributed by atoms with Gasteiger partial charge in [0.25, 0.3) is 0 Å². The fourth-order valence-corrected chi connectivity index (χ4v) is 2.55. The summed E-state index contributed by atoms with van der Waals surface area (Å²) in [6.45, 7) is 0.333. The molecular weight excluding hydrogens is 305 g/mol. The lowest BCUT2D eigenvalue weighted by Gasteiger charge is -2.08. The predicted molar refractivity (Wildman–Crippen MR) is 75.2 cm³/mol. The van der Waals surface area contributed by atoms with Gasteiger partial charge < -0.3 is 4.57 Å². The van der Waals surface area contributed by atoms with E-state index in [4.69, 9.17) is 23.2 Å². The molecule has 0 spiro atoms. The van der Waals surface area contributed by atoms with Gasteiger partial charge >= 0.3 is 0 Å². The van der Waals surface area contributed by atoms with Crippen LogP contribution in [0.3, 0.4) is 0 Å². The molecule has 0 aliphatic carbocycles. The van der Waals surface area contributed by atoms with Gasteiger partial charge in [0, 0.05) is 27.7 Å². The molecule has 3 aromatic rings. The van der Waals surface area contributed by atoms with Crippen LogP contribution in [0.25, 0.3) is 11.0 Å². The molecule has 102 valence electrons. The molecule has 0 aliphatic heterocycles. The molecule has 0 unspecified atom stereocenters. The Kier molecular flexibility index (Phi) is 3.36. The smallest absolute Gasteiger partial charge is 0.161 e. The lowest BCUT2D eigenvalue weighted by Crippen LogP contribution is -2.00. The highest BCUT2D eigenvalue weighted by atomic mass is 35.5. The third-order valence-electron chi connectivity index (χ3n) is 3.05. The van der Waals surface area contributed by atoms with Gasteiger partial charge in [0.05, 0.1) is 23.9 Å². The second-order valence-corrected chi connectivity index (χ2v) is 5.14. The zero-order chi connectivity index (χ0) is 14.3. The molecule has 0 N–H and O–H groups in total. The molecule has 20 heavy (non-hydrogen) atoms. The first-order chi connectivity index (χ1) is 9.56. The van der Waals surface area contributed by atoms with E-state index in [0.717, 1.165) is 12.1 Å². The monoisotopic (exact) mass is 312 g/mol.